The van der Waals surface area contributed by atoms with Gasteiger partial charge in [-0.15, -0.1) is 4.40 Å². The van der Waals surface area contributed by atoms with Crippen molar-refractivity contribution in [2.75, 3.05) is 19.7 Å². The number of amides is 1. The SMILES string of the molecule is NC1=NS(=O)(=O)Cc2cccc(OC[C@H]3CCCN(C(=O)c4cccc5ccccc45)C3)c21. The van der Waals surface area contributed by atoms with Gasteiger partial charge < -0.3 is 15.4 Å². The molecule has 0 unspecified atom stereocenters. The molecule has 3 aromatic rings. The molecule has 0 saturated carbocycles. The zero-order chi connectivity index (χ0) is 23.0. The Morgan fingerprint density at radius 1 is 1.09 bits per heavy atom. The van der Waals surface area contributed by atoms with E-state index < -0.39 is 10.0 Å². The number of nitrogens with two attached hydrogens (primary N) is 1. The van der Waals surface area contributed by atoms with Gasteiger partial charge >= 0.3 is 0 Å². The van der Waals surface area contributed by atoms with Crippen molar-refractivity contribution in [3.8, 4) is 5.75 Å². The number of nitrogens with zero attached hydrogens (tertiary/aromatic N) is 2. The molecule has 2 heterocycles. The van der Waals surface area contributed by atoms with Crippen LogP contribution in [0.5, 0.6) is 5.75 Å². The van der Waals surface area contributed by atoms with Gasteiger partial charge in [-0.05, 0) is 41.3 Å². The second kappa shape index (κ2) is 8.51. The number of fused-ring (bicyclic) bond motifs is 2. The number of piperidine rings is 1. The third kappa shape index (κ3) is 4.30. The topological polar surface area (TPSA) is 102 Å². The zero-order valence-corrected chi connectivity index (χ0v) is 18.9. The molecule has 0 spiro atoms. The number of carbonyl (C=O) groups is 1. The lowest BCUT2D eigenvalue weighted by molar-refractivity contribution is 0.0635. The minimum atomic E-state index is -3.59. The summed E-state index contributed by atoms with van der Waals surface area (Å²) in [6.07, 6.45) is 1.85. The van der Waals surface area contributed by atoms with Crippen LogP contribution in [0.2, 0.25) is 0 Å². The van der Waals surface area contributed by atoms with Gasteiger partial charge in [0.15, 0.2) is 0 Å². The maximum atomic E-state index is 13.3. The largest absolute Gasteiger partial charge is 0.492 e. The molecule has 0 bridgehead atoms. The highest BCUT2D eigenvalue weighted by Gasteiger charge is 2.28. The Labute approximate surface area is 192 Å². The minimum absolute atomic E-state index is 0.0372. The number of hydrogen-bond donors (Lipinski definition) is 1. The van der Waals surface area contributed by atoms with Gasteiger partial charge in [0.05, 0.1) is 17.9 Å². The number of likely N-dealkylation sites (tertiary alicyclic amines) is 1. The van der Waals surface area contributed by atoms with Crippen LogP contribution in [0.15, 0.2) is 65.1 Å². The van der Waals surface area contributed by atoms with E-state index in [-0.39, 0.29) is 23.4 Å². The smallest absolute Gasteiger partial charge is 0.259 e. The van der Waals surface area contributed by atoms with Crippen LogP contribution in [0.25, 0.3) is 10.8 Å². The van der Waals surface area contributed by atoms with Crippen molar-refractivity contribution in [1.82, 2.24) is 4.90 Å². The summed E-state index contributed by atoms with van der Waals surface area (Å²) in [6, 6.07) is 19.0. The van der Waals surface area contributed by atoms with E-state index in [0.717, 1.165) is 35.7 Å². The number of carbonyl (C=O) groups excluding carboxylic acids is 1. The first-order chi connectivity index (χ1) is 15.9. The van der Waals surface area contributed by atoms with Gasteiger partial charge in [0, 0.05) is 24.6 Å². The lowest BCUT2D eigenvalue weighted by atomic mass is 9.97. The molecule has 1 saturated heterocycles. The fraction of sp³-hybridized carbons (Fsp3) is 0.280. The molecule has 1 atom stereocenters. The van der Waals surface area contributed by atoms with Gasteiger partial charge in [-0.25, -0.2) is 8.42 Å². The van der Waals surface area contributed by atoms with Crippen LogP contribution in [0.1, 0.15) is 34.3 Å². The molecule has 2 aliphatic heterocycles. The molecule has 2 N–H and O–H groups in total. The highest BCUT2D eigenvalue weighted by molar-refractivity contribution is 7.89. The third-order valence-corrected chi connectivity index (χ3v) is 7.40. The Morgan fingerprint density at radius 3 is 2.76 bits per heavy atom. The number of amidine groups is 1. The lowest BCUT2D eigenvalue weighted by Gasteiger charge is -2.33. The standard InChI is InChI=1S/C25H25N3O4S/c26-24-23-19(16-33(30,31)27-24)9-4-12-22(23)32-15-17-6-5-13-28(14-17)25(29)21-11-3-8-18-7-1-2-10-20(18)21/h1-4,7-12,17H,5-6,13-16H2,(H2,26,27)/t17-/m0/s1. The summed E-state index contributed by atoms with van der Waals surface area (Å²) in [6.45, 7) is 1.74. The molecular formula is C25H25N3O4S. The second-order valence-electron chi connectivity index (χ2n) is 8.59. The molecule has 0 aliphatic carbocycles. The summed E-state index contributed by atoms with van der Waals surface area (Å²) in [4.78, 5) is 15.2. The molecular weight excluding hydrogens is 438 g/mol. The van der Waals surface area contributed by atoms with E-state index in [0.29, 0.717) is 30.0 Å². The fourth-order valence-corrected chi connectivity index (χ4v) is 5.80. The summed E-state index contributed by atoms with van der Waals surface area (Å²) in [5.41, 5.74) is 7.80. The van der Waals surface area contributed by atoms with Crippen molar-refractivity contribution >= 4 is 32.5 Å². The molecule has 3 aromatic carbocycles. The van der Waals surface area contributed by atoms with Crippen molar-refractivity contribution in [2.45, 2.75) is 18.6 Å². The second-order valence-corrected chi connectivity index (χ2v) is 10.2. The van der Waals surface area contributed by atoms with Crippen molar-refractivity contribution < 1.29 is 17.9 Å². The predicted molar refractivity (Wildman–Crippen MR) is 128 cm³/mol. The number of ether oxygens (including phenoxy) is 1. The Kier molecular flexibility index (Phi) is 5.54. The van der Waals surface area contributed by atoms with E-state index >= 15 is 0 Å². The molecule has 1 fully saturated rings. The van der Waals surface area contributed by atoms with Crippen molar-refractivity contribution in [3.63, 3.8) is 0 Å². The van der Waals surface area contributed by atoms with Crippen LogP contribution in [0.4, 0.5) is 0 Å². The average molecular weight is 464 g/mol. The summed E-state index contributed by atoms with van der Waals surface area (Å²) in [5.74, 6) is 0.510. The first-order valence-electron chi connectivity index (χ1n) is 11.0. The highest BCUT2D eigenvalue weighted by Crippen LogP contribution is 2.29. The summed E-state index contributed by atoms with van der Waals surface area (Å²) >= 11 is 0. The molecule has 5 rings (SSSR count). The molecule has 170 valence electrons. The van der Waals surface area contributed by atoms with Crippen LogP contribution in [0.3, 0.4) is 0 Å². The zero-order valence-electron chi connectivity index (χ0n) is 18.1. The van der Waals surface area contributed by atoms with Crippen LogP contribution >= 0.6 is 0 Å². The van der Waals surface area contributed by atoms with Gasteiger partial charge in [0.2, 0.25) is 0 Å². The van der Waals surface area contributed by atoms with Crippen molar-refractivity contribution in [1.29, 1.82) is 0 Å². The Bertz CT molecular complexity index is 1360. The van der Waals surface area contributed by atoms with Crippen LogP contribution in [-0.2, 0) is 15.8 Å². The molecule has 1 amide bonds. The number of benzene rings is 3. The molecule has 2 aliphatic rings. The maximum Gasteiger partial charge on any atom is 0.259 e. The maximum absolute atomic E-state index is 13.3. The predicted octanol–water partition coefficient (Wildman–Crippen LogP) is 3.32. The van der Waals surface area contributed by atoms with Gasteiger partial charge in [-0.1, -0.05) is 48.5 Å². The molecule has 8 heteroatoms. The van der Waals surface area contributed by atoms with Gasteiger partial charge in [-0.2, -0.15) is 0 Å². The summed E-state index contributed by atoms with van der Waals surface area (Å²) in [7, 11) is -3.59. The molecule has 7 nitrogen and oxygen atoms in total. The Balaban J connectivity index is 1.31. The number of rotatable bonds is 4. The van der Waals surface area contributed by atoms with Gasteiger partial charge in [-0.3, -0.25) is 4.79 Å². The quantitative estimate of drug-likeness (QED) is 0.640. The average Bonchev–Trinajstić information content (AvgIpc) is 2.81. The van der Waals surface area contributed by atoms with E-state index in [9.17, 15) is 13.2 Å². The minimum Gasteiger partial charge on any atom is -0.492 e. The van der Waals surface area contributed by atoms with E-state index in [1.165, 1.54) is 0 Å². The van der Waals surface area contributed by atoms with Crippen molar-refractivity contribution in [2.24, 2.45) is 16.0 Å². The first-order valence-corrected chi connectivity index (χ1v) is 12.6. The third-order valence-electron chi connectivity index (χ3n) is 6.24. The fourth-order valence-electron chi connectivity index (χ4n) is 4.71. The lowest BCUT2D eigenvalue weighted by Crippen LogP contribution is -2.41. The van der Waals surface area contributed by atoms with Crippen molar-refractivity contribution in [3.05, 3.63) is 77.4 Å². The monoisotopic (exact) mass is 463 g/mol. The number of sulfonamides is 1. The molecule has 0 aromatic heterocycles. The normalized spacial score (nSPS) is 19.6. The Hall–Kier alpha value is -3.39. The van der Waals surface area contributed by atoms with E-state index in [1.54, 1.807) is 18.2 Å². The molecule has 33 heavy (non-hydrogen) atoms. The first kappa shape index (κ1) is 21.5. The van der Waals surface area contributed by atoms with Crippen LogP contribution in [0, 0.1) is 5.92 Å². The van der Waals surface area contributed by atoms with Gasteiger partial charge in [0.1, 0.15) is 11.6 Å². The van der Waals surface area contributed by atoms with Crippen LogP contribution < -0.4 is 10.5 Å². The highest BCUT2D eigenvalue weighted by atomic mass is 32.2. The van der Waals surface area contributed by atoms with E-state index in [2.05, 4.69) is 4.40 Å². The van der Waals surface area contributed by atoms with E-state index in [1.807, 2.05) is 47.4 Å². The number of hydrogen-bond acceptors (Lipinski definition) is 5. The van der Waals surface area contributed by atoms with Crippen LogP contribution in [-0.4, -0.2) is 44.8 Å². The van der Waals surface area contributed by atoms with E-state index in [4.69, 9.17) is 10.5 Å². The summed E-state index contributed by atoms with van der Waals surface area (Å²) < 4.78 is 33.5. The van der Waals surface area contributed by atoms with Gasteiger partial charge in [0.25, 0.3) is 15.9 Å². The Morgan fingerprint density at radius 2 is 1.88 bits per heavy atom. The summed E-state index contributed by atoms with van der Waals surface area (Å²) in [5, 5.41) is 2.01. The molecule has 0 radical (unpaired) electrons.